The van der Waals surface area contributed by atoms with Gasteiger partial charge in [0, 0.05) is 38.2 Å². The van der Waals surface area contributed by atoms with Gasteiger partial charge in [0.15, 0.2) is 9.84 Å². The Morgan fingerprint density at radius 2 is 1.80 bits per heavy atom. The standard InChI is InChI=1S/C31H37N5O8S/c1-19(37)36(26-17-45(42,43)27-11-10-21(12-23(26)27)15-33-30(41)44-31(2,3)4)25(13-20-8-6-5-7-9-20)28(38)35-24(29(39)40)14-22-16-32-18-34-22/h5-12,16,18,24-26H,13-15,17H2,1-4H3,(H,32,34)(H,33,41)(H,35,38)(H,39,40)/t24-,25-,26?/m0/s1. The first-order chi connectivity index (χ1) is 21.1. The molecule has 0 saturated heterocycles. The quantitative estimate of drug-likeness (QED) is 0.244. The molecular formula is C31H37N5O8S. The highest BCUT2D eigenvalue weighted by Gasteiger charge is 2.44. The number of aromatic nitrogens is 2. The van der Waals surface area contributed by atoms with E-state index in [1.54, 1.807) is 63.2 Å². The topological polar surface area (TPSA) is 188 Å². The second-order valence-corrected chi connectivity index (χ2v) is 13.8. The summed E-state index contributed by atoms with van der Waals surface area (Å²) in [5, 5.41) is 15.1. The number of carbonyl (C=O) groups excluding carboxylic acids is 3. The van der Waals surface area contributed by atoms with Gasteiger partial charge in [0.2, 0.25) is 11.8 Å². The van der Waals surface area contributed by atoms with Crippen molar-refractivity contribution in [1.82, 2.24) is 25.5 Å². The van der Waals surface area contributed by atoms with E-state index in [-0.39, 0.29) is 24.3 Å². The molecule has 4 rings (SSSR count). The average Bonchev–Trinajstić information content (AvgIpc) is 3.56. The van der Waals surface area contributed by atoms with E-state index in [2.05, 4.69) is 20.6 Å². The molecule has 1 aliphatic heterocycles. The average molecular weight is 640 g/mol. The molecule has 3 atom stereocenters. The number of H-pyrrole nitrogens is 1. The molecule has 1 aromatic heterocycles. The predicted molar refractivity (Wildman–Crippen MR) is 163 cm³/mol. The number of rotatable bonds is 11. The van der Waals surface area contributed by atoms with Crippen LogP contribution in [0.1, 0.15) is 56.1 Å². The van der Waals surface area contributed by atoms with Gasteiger partial charge in [-0.3, -0.25) is 9.59 Å². The Morgan fingerprint density at radius 3 is 2.40 bits per heavy atom. The van der Waals surface area contributed by atoms with Gasteiger partial charge in [-0.2, -0.15) is 0 Å². The van der Waals surface area contributed by atoms with Crippen molar-refractivity contribution in [3.63, 3.8) is 0 Å². The smallest absolute Gasteiger partial charge is 0.407 e. The molecule has 2 aromatic carbocycles. The number of carboxylic acids is 1. The summed E-state index contributed by atoms with van der Waals surface area (Å²) < 4.78 is 31.9. The Labute approximate surface area is 261 Å². The zero-order valence-electron chi connectivity index (χ0n) is 25.4. The zero-order valence-corrected chi connectivity index (χ0v) is 26.3. The van der Waals surface area contributed by atoms with Crippen molar-refractivity contribution in [2.24, 2.45) is 0 Å². The molecule has 4 N–H and O–H groups in total. The van der Waals surface area contributed by atoms with Crippen molar-refractivity contribution in [1.29, 1.82) is 0 Å². The van der Waals surface area contributed by atoms with Gasteiger partial charge in [0.05, 0.1) is 23.0 Å². The minimum atomic E-state index is -3.85. The Hall–Kier alpha value is -4.72. The summed E-state index contributed by atoms with van der Waals surface area (Å²) in [6, 6.07) is 9.75. The van der Waals surface area contributed by atoms with Crippen molar-refractivity contribution >= 4 is 33.7 Å². The second-order valence-electron chi connectivity index (χ2n) is 11.8. The summed E-state index contributed by atoms with van der Waals surface area (Å²) in [6.45, 7) is 6.45. The molecule has 1 unspecified atom stereocenters. The van der Waals surface area contributed by atoms with E-state index >= 15 is 0 Å². The summed E-state index contributed by atoms with van der Waals surface area (Å²) >= 11 is 0. The third-order valence-corrected chi connectivity index (χ3v) is 8.98. The van der Waals surface area contributed by atoms with E-state index in [0.717, 1.165) is 0 Å². The van der Waals surface area contributed by atoms with Gasteiger partial charge in [0.25, 0.3) is 0 Å². The van der Waals surface area contributed by atoms with Gasteiger partial charge >= 0.3 is 12.1 Å². The molecule has 0 fully saturated rings. The fourth-order valence-electron chi connectivity index (χ4n) is 5.25. The maximum absolute atomic E-state index is 13.9. The van der Waals surface area contributed by atoms with Gasteiger partial charge in [-0.05, 0) is 43.5 Å². The van der Waals surface area contributed by atoms with Crippen LogP contribution >= 0.6 is 0 Å². The van der Waals surface area contributed by atoms with Crippen molar-refractivity contribution < 1.29 is 37.4 Å². The monoisotopic (exact) mass is 639 g/mol. The lowest BCUT2D eigenvalue weighted by atomic mass is 9.97. The van der Waals surface area contributed by atoms with Gasteiger partial charge in [-0.1, -0.05) is 42.5 Å². The number of aromatic amines is 1. The molecule has 45 heavy (non-hydrogen) atoms. The molecule has 2 heterocycles. The third kappa shape index (κ3) is 8.47. The number of imidazole rings is 1. The summed E-state index contributed by atoms with van der Waals surface area (Å²) in [5.74, 6) is -3.09. The summed E-state index contributed by atoms with van der Waals surface area (Å²) in [6.07, 6.45) is 2.09. The van der Waals surface area contributed by atoms with Crippen LogP contribution in [0.25, 0.3) is 0 Å². The van der Waals surface area contributed by atoms with E-state index in [9.17, 15) is 32.7 Å². The fourth-order valence-corrected chi connectivity index (χ4v) is 7.02. The number of carbonyl (C=O) groups is 4. The van der Waals surface area contributed by atoms with Crippen LogP contribution < -0.4 is 10.6 Å². The summed E-state index contributed by atoms with van der Waals surface area (Å²) in [7, 11) is -3.85. The van der Waals surface area contributed by atoms with Crippen molar-refractivity contribution in [2.45, 2.75) is 75.7 Å². The highest BCUT2D eigenvalue weighted by molar-refractivity contribution is 7.91. The van der Waals surface area contributed by atoms with Crippen LogP contribution in [-0.2, 0) is 48.3 Å². The van der Waals surface area contributed by atoms with Gasteiger partial charge in [-0.25, -0.2) is 23.0 Å². The Kier molecular flexibility index (Phi) is 9.96. The van der Waals surface area contributed by atoms with E-state index in [1.165, 1.54) is 30.4 Å². The van der Waals surface area contributed by atoms with Crippen LogP contribution in [0.2, 0.25) is 0 Å². The van der Waals surface area contributed by atoms with Crippen molar-refractivity contribution in [3.8, 4) is 0 Å². The lowest BCUT2D eigenvalue weighted by Crippen LogP contribution is -2.55. The molecule has 0 aliphatic carbocycles. The molecule has 0 bridgehead atoms. The Balaban J connectivity index is 1.69. The lowest BCUT2D eigenvalue weighted by molar-refractivity contribution is -0.145. The van der Waals surface area contributed by atoms with Crippen LogP contribution in [0.3, 0.4) is 0 Å². The van der Waals surface area contributed by atoms with Crippen LogP contribution in [-0.4, -0.2) is 75.7 Å². The molecule has 13 nitrogen and oxygen atoms in total. The van der Waals surface area contributed by atoms with E-state index in [4.69, 9.17) is 4.74 Å². The number of fused-ring (bicyclic) bond motifs is 1. The normalized spacial score (nSPS) is 16.6. The number of carboxylic acid groups (broad SMARTS) is 1. The van der Waals surface area contributed by atoms with Gasteiger partial charge in [-0.15, -0.1) is 0 Å². The number of sulfone groups is 1. The zero-order chi connectivity index (χ0) is 32.9. The number of ether oxygens (including phenoxy) is 1. The molecule has 0 radical (unpaired) electrons. The van der Waals surface area contributed by atoms with Crippen LogP contribution in [0.5, 0.6) is 0 Å². The largest absolute Gasteiger partial charge is 0.480 e. The van der Waals surface area contributed by atoms with Gasteiger partial charge < -0.3 is 30.4 Å². The molecule has 0 saturated carbocycles. The van der Waals surface area contributed by atoms with E-state index in [1.807, 2.05) is 0 Å². The first-order valence-electron chi connectivity index (χ1n) is 14.3. The highest BCUT2D eigenvalue weighted by atomic mass is 32.2. The number of nitrogens with one attached hydrogen (secondary N) is 3. The van der Waals surface area contributed by atoms with Crippen LogP contribution in [0.4, 0.5) is 4.79 Å². The number of hydrogen-bond donors (Lipinski definition) is 4. The van der Waals surface area contributed by atoms with E-state index in [0.29, 0.717) is 22.4 Å². The second kappa shape index (κ2) is 13.5. The minimum absolute atomic E-state index is 0.00553. The number of amides is 3. The summed E-state index contributed by atoms with van der Waals surface area (Å²) in [5.41, 5.74) is 1.30. The number of alkyl carbamates (subject to hydrolysis) is 1. The van der Waals surface area contributed by atoms with Gasteiger partial charge in [0.1, 0.15) is 17.7 Å². The molecule has 14 heteroatoms. The SMILES string of the molecule is CC(=O)N(C1CS(=O)(=O)c2ccc(CNC(=O)OC(C)(C)C)cc21)[C@@H](Cc1ccccc1)C(=O)N[C@@H](Cc1cnc[nH]1)C(=O)O. The fraction of sp³-hybridized carbons (Fsp3) is 0.387. The lowest BCUT2D eigenvalue weighted by Gasteiger charge is -2.35. The minimum Gasteiger partial charge on any atom is -0.480 e. The van der Waals surface area contributed by atoms with Crippen LogP contribution in [0.15, 0.2) is 66.0 Å². The number of aliphatic carboxylic acids is 1. The first-order valence-corrected chi connectivity index (χ1v) is 16.0. The molecule has 3 amide bonds. The third-order valence-electron chi connectivity index (χ3n) is 7.18. The van der Waals surface area contributed by atoms with Crippen molar-refractivity contribution in [2.75, 3.05) is 5.75 Å². The van der Waals surface area contributed by atoms with Crippen LogP contribution in [0, 0.1) is 0 Å². The molecule has 240 valence electrons. The van der Waals surface area contributed by atoms with Crippen molar-refractivity contribution in [3.05, 3.63) is 83.4 Å². The highest BCUT2D eigenvalue weighted by Crippen LogP contribution is 2.39. The summed E-state index contributed by atoms with van der Waals surface area (Å²) in [4.78, 5) is 59.6. The first kappa shape index (κ1) is 33.2. The Bertz CT molecular complexity index is 1650. The Morgan fingerprint density at radius 1 is 1.09 bits per heavy atom. The number of hydrogen-bond acceptors (Lipinski definition) is 8. The molecule has 1 aliphatic rings. The molecular weight excluding hydrogens is 602 g/mol. The van der Waals surface area contributed by atoms with E-state index < -0.39 is 63.2 Å². The maximum Gasteiger partial charge on any atom is 0.407 e. The number of nitrogens with zero attached hydrogens (tertiary/aromatic N) is 2. The maximum atomic E-state index is 13.9. The number of benzene rings is 2. The molecule has 3 aromatic rings. The molecule has 0 spiro atoms. The predicted octanol–water partition coefficient (Wildman–Crippen LogP) is 2.53.